The Morgan fingerprint density at radius 2 is 2.05 bits per heavy atom. The summed E-state index contributed by atoms with van der Waals surface area (Å²) >= 11 is 0. The van der Waals surface area contributed by atoms with Crippen molar-refractivity contribution in [3.05, 3.63) is 41.5 Å². The third kappa shape index (κ3) is 3.32. The van der Waals surface area contributed by atoms with Crippen LogP contribution in [0.2, 0.25) is 0 Å². The Balaban J connectivity index is 1.99. The summed E-state index contributed by atoms with van der Waals surface area (Å²) in [7, 11) is 0. The van der Waals surface area contributed by atoms with Crippen LogP contribution in [0.25, 0.3) is 0 Å². The molecule has 2 rings (SSSR count). The van der Waals surface area contributed by atoms with Crippen LogP contribution < -0.4 is 10.5 Å². The molecule has 1 aromatic heterocycles. The lowest BCUT2D eigenvalue weighted by Crippen LogP contribution is -2.17. The van der Waals surface area contributed by atoms with Crippen molar-refractivity contribution in [2.75, 3.05) is 0 Å². The van der Waals surface area contributed by atoms with Crippen molar-refractivity contribution in [1.82, 2.24) is 10.1 Å². The molecule has 0 spiro atoms. The van der Waals surface area contributed by atoms with Gasteiger partial charge in [-0.3, -0.25) is 0 Å². The summed E-state index contributed by atoms with van der Waals surface area (Å²) in [5.74, 6) is 2.04. The molecular formula is C14H19N3O2. The van der Waals surface area contributed by atoms with Crippen molar-refractivity contribution in [1.29, 1.82) is 0 Å². The van der Waals surface area contributed by atoms with E-state index < -0.39 is 0 Å². The van der Waals surface area contributed by atoms with E-state index in [0.717, 1.165) is 11.3 Å². The summed E-state index contributed by atoms with van der Waals surface area (Å²) in [6, 6.07) is 7.57. The summed E-state index contributed by atoms with van der Waals surface area (Å²) in [6.07, 6.45) is 0. The first-order chi connectivity index (χ1) is 9.08. The first-order valence-electron chi connectivity index (χ1n) is 6.34. The molecule has 0 amide bonds. The lowest BCUT2D eigenvalue weighted by Gasteiger charge is -2.09. The highest BCUT2D eigenvalue weighted by molar-refractivity contribution is 5.31. The van der Waals surface area contributed by atoms with Gasteiger partial charge in [-0.15, -0.1) is 0 Å². The van der Waals surface area contributed by atoms with Gasteiger partial charge in [-0.05, 0) is 24.5 Å². The molecule has 1 aromatic carbocycles. The Bertz CT molecular complexity index is 537. The molecule has 1 unspecified atom stereocenters. The molecule has 0 aliphatic carbocycles. The minimum Gasteiger partial charge on any atom is -0.485 e. The van der Waals surface area contributed by atoms with Crippen LogP contribution >= 0.6 is 0 Å². The predicted octanol–water partition coefficient (Wildman–Crippen LogP) is 2.61. The Morgan fingerprint density at radius 3 is 2.74 bits per heavy atom. The lowest BCUT2D eigenvalue weighted by molar-refractivity contribution is 0.280. The monoisotopic (exact) mass is 261 g/mol. The second-order valence-corrected chi connectivity index (χ2v) is 4.87. The van der Waals surface area contributed by atoms with E-state index in [1.807, 2.05) is 45.0 Å². The highest BCUT2D eigenvalue weighted by Crippen LogP contribution is 2.19. The van der Waals surface area contributed by atoms with Crippen molar-refractivity contribution in [3.63, 3.8) is 0 Å². The van der Waals surface area contributed by atoms with Gasteiger partial charge in [-0.1, -0.05) is 37.2 Å². The van der Waals surface area contributed by atoms with Crippen LogP contribution in [0, 0.1) is 12.8 Å². The highest BCUT2D eigenvalue weighted by atomic mass is 16.5. The quantitative estimate of drug-likeness (QED) is 0.895. The van der Waals surface area contributed by atoms with Crippen LogP contribution in [0.3, 0.4) is 0 Å². The van der Waals surface area contributed by atoms with Gasteiger partial charge in [0.1, 0.15) is 5.75 Å². The fourth-order valence-electron chi connectivity index (χ4n) is 1.61. The summed E-state index contributed by atoms with van der Waals surface area (Å²) in [5, 5.41) is 3.87. The third-order valence-electron chi connectivity index (χ3n) is 2.94. The largest absolute Gasteiger partial charge is 0.485 e. The van der Waals surface area contributed by atoms with E-state index in [2.05, 4.69) is 10.1 Å². The molecule has 0 aliphatic heterocycles. The van der Waals surface area contributed by atoms with Crippen LogP contribution in [0.1, 0.15) is 37.2 Å². The molecule has 0 saturated carbocycles. The van der Waals surface area contributed by atoms with Crippen LogP contribution in [0.15, 0.2) is 28.8 Å². The number of hydrogen-bond donors (Lipinski definition) is 1. The van der Waals surface area contributed by atoms with Crippen LogP contribution in [0.4, 0.5) is 0 Å². The van der Waals surface area contributed by atoms with Crippen molar-refractivity contribution >= 4 is 0 Å². The van der Waals surface area contributed by atoms with Crippen molar-refractivity contribution < 1.29 is 9.26 Å². The van der Waals surface area contributed by atoms with Gasteiger partial charge in [0.05, 0.1) is 6.04 Å². The minimum absolute atomic E-state index is 0.236. The zero-order valence-corrected chi connectivity index (χ0v) is 11.5. The number of hydrogen-bond acceptors (Lipinski definition) is 5. The number of aryl methyl sites for hydroxylation is 1. The van der Waals surface area contributed by atoms with E-state index in [1.54, 1.807) is 0 Å². The summed E-state index contributed by atoms with van der Waals surface area (Å²) in [4.78, 5) is 4.25. The Morgan fingerprint density at radius 1 is 1.32 bits per heavy atom. The SMILES string of the molecule is Cc1ccccc1OCc1noc(C(N)C(C)C)n1. The molecule has 0 aliphatic rings. The predicted molar refractivity (Wildman–Crippen MR) is 71.6 cm³/mol. The van der Waals surface area contributed by atoms with Gasteiger partial charge in [0.2, 0.25) is 11.7 Å². The molecule has 0 radical (unpaired) electrons. The third-order valence-corrected chi connectivity index (χ3v) is 2.94. The lowest BCUT2D eigenvalue weighted by atomic mass is 10.1. The fourth-order valence-corrected chi connectivity index (χ4v) is 1.61. The summed E-state index contributed by atoms with van der Waals surface area (Å²) < 4.78 is 10.8. The van der Waals surface area contributed by atoms with Gasteiger partial charge in [-0.25, -0.2) is 0 Å². The van der Waals surface area contributed by atoms with E-state index in [9.17, 15) is 0 Å². The Labute approximate surface area is 112 Å². The molecule has 1 heterocycles. The standard InChI is InChI=1S/C14H19N3O2/c1-9(2)13(15)14-16-12(17-19-14)8-18-11-7-5-4-6-10(11)3/h4-7,9,13H,8,15H2,1-3H3. The maximum Gasteiger partial charge on any atom is 0.243 e. The maximum atomic E-state index is 5.95. The molecule has 102 valence electrons. The van der Waals surface area contributed by atoms with Crippen molar-refractivity contribution in [3.8, 4) is 5.75 Å². The molecule has 0 saturated heterocycles. The molecule has 1 atom stereocenters. The zero-order chi connectivity index (χ0) is 13.8. The molecule has 19 heavy (non-hydrogen) atoms. The van der Waals surface area contributed by atoms with E-state index in [0.29, 0.717) is 11.7 Å². The molecule has 5 heteroatoms. The van der Waals surface area contributed by atoms with Gasteiger partial charge in [0.15, 0.2) is 6.61 Å². The molecule has 0 bridgehead atoms. The second-order valence-electron chi connectivity index (χ2n) is 4.87. The van der Waals surface area contributed by atoms with Gasteiger partial charge in [0.25, 0.3) is 0 Å². The average molecular weight is 261 g/mol. The number of para-hydroxylation sites is 1. The van der Waals surface area contributed by atoms with Crippen molar-refractivity contribution in [2.24, 2.45) is 11.7 Å². The summed E-state index contributed by atoms with van der Waals surface area (Å²) in [5.41, 5.74) is 7.02. The second kappa shape index (κ2) is 5.84. The van der Waals surface area contributed by atoms with E-state index in [1.165, 1.54) is 0 Å². The van der Waals surface area contributed by atoms with E-state index in [-0.39, 0.29) is 18.6 Å². The highest BCUT2D eigenvalue weighted by Gasteiger charge is 2.18. The van der Waals surface area contributed by atoms with Crippen LogP contribution in [-0.4, -0.2) is 10.1 Å². The smallest absolute Gasteiger partial charge is 0.243 e. The average Bonchev–Trinajstić information content (AvgIpc) is 2.85. The molecule has 2 aromatic rings. The van der Waals surface area contributed by atoms with Crippen molar-refractivity contribution in [2.45, 2.75) is 33.4 Å². The summed E-state index contributed by atoms with van der Waals surface area (Å²) in [6.45, 7) is 6.29. The molecule has 0 fully saturated rings. The normalized spacial score (nSPS) is 12.7. The van der Waals surface area contributed by atoms with Crippen LogP contribution in [-0.2, 0) is 6.61 Å². The first kappa shape index (κ1) is 13.5. The van der Waals surface area contributed by atoms with Crippen LogP contribution in [0.5, 0.6) is 5.75 Å². The topological polar surface area (TPSA) is 74.2 Å². The van der Waals surface area contributed by atoms with Gasteiger partial charge in [-0.2, -0.15) is 4.98 Å². The van der Waals surface area contributed by atoms with E-state index in [4.69, 9.17) is 15.0 Å². The Kier molecular flexibility index (Phi) is 4.16. The number of aromatic nitrogens is 2. The number of nitrogens with zero attached hydrogens (tertiary/aromatic N) is 2. The fraction of sp³-hybridized carbons (Fsp3) is 0.429. The number of rotatable bonds is 5. The molecule has 5 nitrogen and oxygen atoms in total. The van der Waals surface area contributed by atoms with E-state index >= 15 is 0 Å². The number of nitrogens with two attached hydrogens (primary N) is 1. The molecular weight excluding hydrogens is 242 g/mol. The van der Waals surface area contributed by atoms with Gasteiger partial charge < -0.3 is 15.0 Å². The molecule has 2 N–H and O–H groups in total. The number of ether oxygens (including phenoxy) is 1. The van der Waals surface area contributed by atoms with Gasteiger partial charge >= 0.3 is 0 Å². The maximum absolute atomic E-state index is 5.95. The number of benzene rings is 1. The van der Waals surface area contributed by atoms with Gasteiger partial charge in [0, 0.05) is 0 Å². The zero-order valence-electron chi connectivity index (χ0n) is 11.5. The first-order valence-corrected chi connectivity index (χ1v) is 6.34. The Hall–Kier alpha value is -1.88. The minimum atomic E-state index is -0.236.